The van der Waals surface area contributed by atoms with E-state index in [2.05, 4.69) is 5.32 Å². The summed E-state index contributed by atoms with van der Waals surface area (Å²) in [6.07, 6.45) is -4.82. The van der Waals surface area contributed by atoms with Crippen molar-refractivity contribution in [2.45, 2.75) is 88.6 Å². The molecule has 0 bridgehead atoms. The fraction of sp³-hybridized carbons (Fsp3) is 0.625. The van der Waals surface area contributed by atoms with Crippen molar-refractivity contribution in [3.63, 3.8) is 0 Å². The van der Waals surface area contributed by atoms with E-state index in [4.69, 9.17) is 13.7 Å². The molecule has 0 aromatic carbocycles. The predicted octanol–water partition coefficient (Wildman–Crippen LogP) is -6.72. The Morgan fingerprint density at radius 1 is 0.409 bits per heavy atom. The highest BCUT2D eigenvalue weighted by Gasteiger charge is 2.40. The molecule has 9 atom stereocenters. The van der Waals surface area contributed by atoms with E-state index in [9.17, 15) is 103 Å². The lowest BCUT2D eigenvalue weighted by atomic mass is 9.72. The molecule has 1 aliphatic carbocycles. The number of carbonyl (C=O) groups is 12. The van der Waals surface area contributed by atoms with Crippen molar-refractivity contribution in [3.8, 4) is 0 Å². The Labute approximate surface area is 372 Å². The number of hydrogen-bond acceptors (Lipinski definition) is 18. The van der Waals surface area contributed by atoms with Crippen LogP contribution < -0.4 is 31.9 Å². The van der Waals surface area contributed by atoms with Crippen LogP contribution in [0.5, 0.6) is 0 Å². The van der Waals surface area contributed by atoms with Gasteiger partial charge < -0.3 is 52.3 Å². The van der Waals surface area contributed by atoms with E-state index in [1.165, 1.54) is 0 Å². The second kappa shape index (κ2) is 24.3. The number of Topliss-reactive ketones (excluding diaryl/α,β-unsaturated/α-hetero) is 2. The fourth-order valence-electron chi connectivity index (χ4n) is 6.12. The normalized spacial score (nSPS) is 19.1. The molecule has 66 heavy (non-hydrogen) atoms. The van der Waals surface area contributed by atoms with Gasteiger partial charge in [0, 0.05) is 17.8 Å². The van der Waals surface area contributed by atoms with Gasteiger partial charge in [-0.3, -0.25) is 52.0 Å². The standard InChI is InChI=1S/C32H46N6O25S3/c1-12(39)14-3-15(13(2)40)5-16(4-14)26(44)36-17(6-23(41)33-20(30(49)50)9-64(55,56)57)27(45)37-18(7-24(42)34-21(31(51)52)10-65(58,59)60)28(46)38-19(29(47)48)8-25(43)35-22(32(53)54)11-66(61,62)63/h14-22H,3-11H2,1-2H3,(H,33,41)(H,34,42)(H,35,43)(H,36,44)(H,37,45)(H,38,46)(H,47,48)(H,49,50)(H,51,52)(H,53,54)(H,55,56,57)(H,58,59,60)(H,61,62,63)/t14-,15+,16?,17?,18?,19?,20?,21?,22?. The number of nitrogens with one attached hydrogen (secondary N) is 6. The molecule has 0 radical (unpaired) electrons. The Morgan fingerprint density at radius 3 is 0.939 bits per heavy atom. The van der Waals surface area contributed by atoms with Crippen LogP contribution >= 0.6 is 0 Å². The lowest BCUT2D eigenvalue weighted by molar-refractivity contribution is -0.145. The summed E-state index contributed by atoms with van der Waals surface area (Å²) in [5.41, 5.74) is 0. The molecule has 0 saturated heterocycles. The van der Waals surface area contributed by atoms with Crippen molar-refractivity contribution in [3.05, 3.63) is 0 Å². The number of aliphatic carboxylic acids is 4. The first-order chi connectivity index (χ1) is 30.0. The highest BCUT2D eigenvalue weighted by atomic mass is 32.2. The largest absolute Gasteiger partial charge is 0.480 e. The number of carboxylic acids is 4. The van der Waals surface area contributed by atoms with Gasteiger partial charge in [0.05, 0.1) is 19.3 Å². The zero-order chi connectivity index (χ0) is 51.2. The molecule has 31 nitrogen and oxygen atoms in total. The highest BCUT2D eigenvalue weighted by molar-refractivity contribution is 7.86. The zero-order valence-electron chi connectivity index (χ0n) is 34.3. The molecule has 0 aromatic rings. The molecule has 1 aliphatic rings. The van der Waals surface area contributed by atoms with Crippen LogP contribution in [0.3, 0.4) is 0 Å². The van der Waals surface area contributed by atoms with Gasteiger partial charge in [0.15, 0.2) is 0 Å². The molecule has 7 unspecified atom stereocenters. The van der Waals surface area contributed by atoms with Gasteiger partial charge in [0.25, 0.3) is 30.4 Å². The lowest BCUT2D eigenvalue weighted by Gasteiger charge is -2.33. The summed E-state index contributed by atoms with van der Waals surface area (Å²) in [4.78, 5) is 151. The first kappa shape index (κ1) is 57.8. The van der Waals surface area contributed by atoms with Gasteiger partial charge in [-0.2, -0.15) is 25.3 Å². The molecular weight excluding hydrogens is 965 g/mol. The number of rotatable bonds is 27. The Morgan fingerprint density at radius 2 is 0.667 bits per heavy atom. The molecule has 372 valence electrons. The molecule has 0 spiro atoms. The third-order valence-electron chi connectivity index (χ3n) is 9.31. The molecule has 1 rings (SSSR count). The van der Waals surface area contributed by atoms with Crippen LogP contribution in [0.4, 0.5) is 0 Å². The summed E-state index contributed by atoms with van der Waals surface area (Å²) in [5, 5.41) is 48.0. The van der Waals surface area contributed by atoms with Crippen LogP contribution in [0, 0.1) is 17.8 Å². The molecule has 0 aromatic heterocycles. The second-order valence-corrected chi connectivity index (χ2v) is 19.3. The zero-order valence-corrected chi connectivity index (χ0v) is 36.7. The summed E-state index contributed by atoms with van der Waals surface area (Å²) in [7, 11) is -15.3. The lowest BCUT2D eigenvalue weighted by Crippen LogP contribution is -2.59. The molecular formula is C32H46N6O25S3. The van der Waals surface area contributed by atoms with Crippen LogP contribution in [0.2, 0.25) is 0 Å². The fourth-order valence-corrected chi connectivity index (χ4v) is 8.06. The quantitative estimate of drug-likeness (QED) is 0.0340. The minimum atomic E-state index is -5.16. The Hall–Kier alpha value is -6.23. The van der Waals surface area contributed by atoms with E-state index >= 15 is 0 Å². The van der Waals surface area contributed by atoms with Crippen LogP contribution in [0.15, 0.2) is 0 Å². The first-order valence-electron chi connectivity index (χ1n) is 18.5. The molecule has 6 amide bonds. The van der Waals surface area contributed by atoms with Crippen molar-refractivity contribution in [1.29, 1.82) is 0 Å². The Bertz CT molecular complexity index is 2280. The second-order valence-electron chi connectivity index (χ2n) is 14.8. The summed E-state index contributed by atoms with van der Waals surface area (Å²) in [6, 6.07) is -14.6. The van der Waals surface area contributed by atoms with Gasteiger partial charge >= 0.3 is 23.9 Å². The number of carboxylic acid groups (broad SMARTS) is 4. The maximum Gasteiger partial charge on any atom is 0.327 e. The SMILES string of the molecule is CC(=O)[C@@H]1CC(C(=O)NC(CC(=O)NC(CS(=O)(=O)O)C(=O)O)C(=O)NC(CC(=O)NC(CS(=O)(=O)O)C(=O)O)C(=O)NC(CC(=O)NC(CS(=O)(=O)O)C(=O)O)C(=O)O)C[C@H](C(C)=O)C1. The van der Waals surface area contributed by atoms with Crippen LogP contribution in [0.1, 0.15) is 52.4 Å². The topological polar surface area (TPSA) is 521 Å². The average Bonchev–Trinajstić information content (AvgIpc) is 3.14. The summed E-state index contributed by atoms with van der Waals surface area (Å²) in [6.45, 7) is 2.32. The van der Waals surface area contributed by atoms with E-state index in [0.29, 0.717) is 0 Å². The summed E-state index contributed by atoms with van der Waals surface area (Å²) in [5.74, 6) is -26.7. The van der Waals surface area contributed by atoms with E-state index in [1.807, 2.05) is 0 Å². The molecule has 34 heteroatoms. The van der Waals surface area contributed by atoms with E-state index in [-0.39, 0.29) is 19.3 Å². The molecule has 13 N–H and O–H groups in total. The van der Waals surface area contributed by atoms with E-state index < -0.39 is 192 Å². The third kappa shape index (κ3) is 21.6. The van der Waals surface area contributed by atoms with Gasteiger partial charge in [0.2, 0.25) is 35.4 Å². The number of carbonyl (C=O) groups excluding carboxylic acids is 8. The van der Waals surface area contributed by atoms with Gasteiger partial charge in [-0.05, 0) is 33.1 Å². The van der Waals surface area contributed by atoms with Gasteiger partial charge in [-0.15, -0.1) is 0 Å². The van der Waals surface area contributed by atoms with Crippen molar-refractivity contribution < 1.29 is 117 Å². The van der Waals surface area contributed by atoms with E-state index in [1.54, 1.807) is 26.6 Å². The molecule has 1 fully saturated rings. The predicted molar refractivity (Wildman–Crippen MR) is 211 cm³/mol. The summed E-state index contributed by atoms with van der Waals surface area (Å²) < 4.78 is 95.2. The molecule has 0 aliphatic heterocycles. The first-order valence-corrected chi connectivity index (χ1v) is 23.4. The van der Waals surface area contributed by atoms with Gasteiger partial charge in [0.1, 0.15) is 65.1 Å². The van der Waals surface area contributed by atoms with Crippen LogP contribution in [0.25, 0.3) is 0 Å². The van der Waals surface area contributed by atoms with Gasteiger partial charge in [-0.25, -0.2) is 19.2 Å². The molecule has 0 heterocycles. The summed E-state index contributed by atoms with van der Waals surface area (Å²) >= 11 is 0. The van der Waals surface area contributed by atoms with Crippen LogP contribution in [-0.4, -0.2) is 184 Å². The number of hydrogen-bond donors (Lipinski definition) is 13. The monoisotopic (exact) mass is 1010 g/mol. The van der Waals surface area contributed by atoms with E-state index in [0.717, 1.165) is 13.8 Å². The number of amides is 6. The minimum absolute atomic E-state index is 0.0284. The smallest absolute Gasteiger partial charge is 0.327 e. The van der Waals surface area contributed by atoms with Crippen LogP contribution in [-0.2, 0) is 87.9 Å². The van der Waals surface area contributed by atoms with Crippen molar-refractivity contribution in [1.82, 2.24) is 31.9 Å². The third-order valence-corrected chi connectivity index (χ3v) is 11.6. The minimum Gasteiger partial charge on any atom is -0.480 e. The Kier molecular flexibility index (Phi) is 21.3. The Balaban J connectivity index is 3.77. The van der Waals surface area contributed by atoms with Crippen molar-refractivity contribution in [2.24, 2.45) is 17.8 Å². The van der Waals surface area contributed by atoms with Crippen molar-refractivity contribution in [2.75, 3.05) is 17.3 Å². The average molecular weight is 1010 g/mol. The maximum absolute atomic E-state index is 13.9. The van der Waals surface area contributed by atoms with Gasteiger partial charge in [-0.1, -0.05) is 0 Å². The maximum atomic E-state index is 13.9. The number of ketones is 2. The highest BCUT2D eigenvalue weighted by Crippen LogP contribution is 2.35. The molecule has 1 saturated carbocycles. The van der Waals surface area contributed by atoms with Crippen molar-refractivity contribution >= 4 is 101 Å².